The van der Waals surface area contributed by atoms with Gasteiger partial charge in [-0.3, -0.25) is 9.59 Å². The molecule has 2 fully saturated rings. The molecule has 0 radical (unpaired) electrons. The average Bonchev–Trinajstić information content (AvgIpc) is 3.09. The van der Waals surface area contributed by atoms with Gasteiger partial charge >= 0.3 is 0 Å². The standard InChI is InChI=1S/C20H31N5O2/c1-15(2)12-24-7-6-16(13-24)10-22-20(27)17-4-5-18(21-11-17)25-9-8-23(3)19(26)14-25/h4-5,11,15-16H,6-10,12-14H2,1-3H3,(H,22,27)/t16-/m1/s1. The molecule has 1 aromatic rings. The minimum absolute atomic E-state index is 0.0780. The average molecular weight is 374 g/mol. The van der Waals surface area contributed by atoms with E-state index in [1.807, 2.05) is 18.0 Å². The monoisotopic (exact) mass is 373 g/mol. The molecule has 3 heterocycles. The molecule has 3 rings (SSSR count). The number of hydrogen-bond donors (Lipinski definition) is 1. The Morgan fingerprint density at radius 3 is 2.78 bits per heavy atom. The maximum Gasteiger partial charge on any atom is 0.252 e. The Labute approximate surface area is 161 Å². The summed E-state index contributed by atoms with van der Waals surface area (Å²) in [7, 11) is 1.81. The van der Waals surface area contributed by atoms with Crippen LogP contribution in [0.4, 0.5) is 5.82 Å². The van der Waals surface area contributed by atoms with Crippen molar-refractivity contribution in [2.45, 2.75) is 20.3 Å². The Kier molecular flexibility index (Phi) is 6.31. The molecule has 7 nitrogen and oxygen atoms in total. The Bertz CT molecular complexity index is 661. The number of anilines is 1. The third-order valence-electron chi connectivity index (χ3n) is 5.34. The topological polar surface area (TPSA) is 68.8 Å². The molecular weight excluding hydrogens is 342 g/mol. The van der Waals surface area contributed by atoms with Crippen molar-refractivity contribution in [3.63, 3.8) is 0 Å². The normalized spacial score (nSPS) is 21.2. The molecule has 7 heteroatoms. The molecule has 1 atom stereocenters. The first-order valence-corrected chi connectivity index (χ1v) is 9.88. The lowest BCUT2D eigenvalue weighted by Gasteiger charge is -2.32. The number of carbonyl (C=O) groups is 2. The molecule has 0 bridgehead atoms. The summed E-state index contributed by atoms with van der Waals surface area (Å²) in [5.41, 5.74) is 0.566. The summed E-state index contributed by atoms with van der Waals surface area (Å²) >= 11 is 0. The van der Waals surface area contributed by atoms with Gasteiger partial charge in [0.05, 0.1) is 12.1 Å². The molecule has 1 aromatic heterocycles. The van der Waals surface area contributed by atoms with Crippen LogP contribution < -0.4 is 10.2 Å². The van der Waals surface area contributed by atoms with Crippen LogP contribution in [-0.2, 0) is 4.79 Å². The lowest BCUT2D eigenvalue weighted by Crippen LogP contribution is -2.48. The van der Waals surface area contributed by atoms with Crippen LogP contribution in [0.1, 0.15) is 30.6 Å². The van der Waals surface area contributed by atoms with Crippen molar-refractivity contribution in [3.8, 4) is 0 Å². The minimum atomic E-state index is -0.0780. The number of aromatic nitrogens is 1. The lowest BCUT2D eigenvalue weighted by atomic mass is 10.1. The smallest absolute Gasteiger partial charge is 0.252 e. The molecule has 2 aliphatic rings. The summed E-state index contributed by atoms with van der Waals surface area (Å²) in [6.07, 6.45) is 2.74. The first kappa shape index (κ1) is 19.6. The van der Waals surface area contributed by atoms with Crippen molar-refractivity contribution in [2.75, 3.05) is 57.8 Å². The molecule has 0 unspecified atom stereocenters. The number of piperazine rings is 1. The Morgan fingerprint density at radius 2 is 2.11 bits per heavy atom. The van der Waals surface area contributed by atoms with E-state index in [1.54, 1.807) is 17.2 Å². The lowest BCUT2D eigenvalue weighted by molar-refractivity contribution is -0.129. The van der Waals surface area contributed by atoms with Gasteiger partial charge in [0, 0.05) is 46.0 Å². The zero-order valence-electron chi connectivity index (χ0n) is 16.6. The molecule has 0 aromatic carbocycles. The van der Waals surface area contributed by atoms with E-state index in [2.05, 4.69) is 29.0 Å². The molecule has 1 N–H and O–H groups in total. The number of hydrogen-bond acceptors (Lipinski definition) is 5. The number of rotatable bonds is 6. The summed E-state index contributed by atoms with van der Waals surface area (Å²) in [6, 6.07) is 3.62. The summed E-state index contributed by atoms with van der Waals surface area (Å²) in [6.45, 7) is 10.3. The van der Waals surface area contributed by atoms with E-state index in [9.17, 15) is 9.59 Å². The highest BCUT2D eigenvalue weighted by atomic mass is 16.2. The Balaban J connectivity index is 1.47. The fraction of sp³-hybridized carbons (Fsp3) is 0.650. The number of nitrogens with zero attached hydrogens (tertiary/aromatic N) is 4. The summed E-state index contributed by atoms with van der Waals surface area (Å²) in [5, 5.41) is 3.05. The van der Waals surface area contributed by atoms with Crippen LogP contribution in [0.5, 0.6) is 0 Å². The van der Waals surface area contributed by atoms with Gasteiger partial charge in [-0.15, -0.1) is 0 Å². The van der Waals surface area contributed by atoms with Crippen LogP contribution in [-0.4, -0.2) is 79.5 Å². The first-order chi connectivity index (χ1) is 12.9. The van der Waals surface area contributed by atoms with Crippen LogP contribution in [0.15, 0.2) is 18.3 Å². The fourth-order valence-corrected chi connectivity index (χ4v) is 3.76. The third-order valence-corrected chi connectivity index (χ3v) is 5.34. The van der Waals surface area contributed by atoms with E-state index in [0.717, 1.165) is 38.4 Å². The predicted octanol–water partition coefficient (Wildman–Crippen LogP) is 1.07. The Hall–Kier alpha value is -2.15. The zero-order valence-corrected chi connectivity index (χ0v) is 16.6. The highest BCUT2D eigenvalue weighted by Gasteiger charge is 2.24. The summed E-state index contributed by atoms with van der Waals surface area (Å²) in [4.78, 5) is 34.8. The SMILES string of the molecule is CC(C)CN1CC[C@H](CNC(=O)c2ccc(N3CCN(C)C(=O)C3)nc2)C1. The molecule has 2 amide bonds. The van der Waals surface area contributed by atoms with Gasteiger partial charge < -0.3 is 20.0 Å². The number of nitrogens with one attached hydrogen (secondary N) is 1. The van der Waals surface area contributed by atoms with Gasteiger partial charge in [-0.25, -0.2) is 4.98 Å². The van der Waals surface area contributed by atoms with E-state index in [0.29, 0.717) is 37.0 Å². The number of amides is 2. The molecule has 0 aliphatic carbocycles. The highest BCUT2D eigenvalue weighted by Crippen LogP contribution is 2.17. The van der Waals surface area contributed by atoms with Crippen molar-refractivity contribution < 1.29 is 9.59 Å². The zero-order chi connectivity index (χ0) is 19.4. The van der Waals surface area contributed by atoms with Gasteiger partial charge in [0.15, 0.2) is 0 Å². The second-order valence-electron chi connectivity index (χ2n) is 8.16. The van der Waals surface area contributed by atoms with Gasteiger partial charge in [-0.2, -0.15) is 0 Å². The minimum Gasteiger partial charge on any atom is -0.352 e. The van der Waals surface area contributed by atoms with E-state index >= 15 is 0 Å². The van der Waals surface area contributed by atoms with Crippen LogP contribution in [0.3, 0.4) is 0 Å². The van der Waals surface area contributed by atoms with E-state index in [-0.39, 0.29) is 11.8 Å². The fourth-order valence-electron chi connectivity index (χ4n) is 3.76. The second-order valence-corrected chi connectivity index (χ2v) is 8.16. The molecule has 2 aliphatic heterocycles. The van der Waals surface area contributed by atoms with Crippen molar-refractivity contribution in [2.24, 2.45) is 11.8 Å². The van der Waals surface area contributed by atoms with Crippen LogP contribution in [0.25, 0.3) is 0 Å². The summed E-state index contributed by atoms with van der Waals surface area (Å²) < 4.78 is 0. The van der Waals surface area contributed by atoms with Gasteiger partial charge in [0.25, 0.3) is 5.91 Å². The molecule has 27 heavy (non-hydrogen) atoms. The number of likely N-dealkylation sites (N-methyl/N-ethyl adjacent to an activating group) is 1. The van der Waals surface area contributed by atoms with E-state index in [4.69, 9.17) is 0 Å². The highest BCUT2D eigenvalue weighted by molar-refractivity contribution is 5.94. The quantitative estimate of drug-likeness (QED) is 0.808. The largest absolute Gasteiger partial charge is 0.352 e. The summed E-state index contributed by atoms with van der Waals surface area (Å²) in [5.74, 6) is 1.96. The van der Waals surface area contributed by atoms with Gasteiger partial charge in [0.1, 0.15) is 5.82 Å². The van der Waals surface area contributed by atoms with Crippen molar-refractivity contribution in [1.82, 2.24) is 20.1 Å². The predicted molar refractivity (Wildman–Crippen MR) is 106 cm³/mol. The van der Waals surface area contributed by atoms with Crippen molar-refractivity contribution in [3.05, 3.63) is 23.9 Å². The number of pyridine rings is 1. The van der Waals surface area contributed by atoms with Gasteiger partial charge in [0.2, 0.25) is 5.91 Å². The van der Waals surface area contributed by atoms with Crippen molar-refractivity contribution >= 4 is 17.6 Å². The molecule has 2 saturated heterocycles. The van der Waals surface area contributed by atoms with Crippen LogP contribution in [0.2, 0.25) is 0 Å². The first-order valence-electron chi connectivity index (χ1n) is 9.88. The Morgan fingerprint density at radius 1 is 1.30 bits per heavy atom. The van der Waals surface area contributed by atoms with Crippen LogP contribution >= 0.6 is 0 Å². The maximum absolute atomic E-state index is 12.4. The van der Waals surface area contributed by atoms with E-state index < -0.39 is 0 Å². The van der Waals surface area contributed by atoms with Gasteiger partial charge in [-0.05, 0) is 36.9 Å². The molecular formula is C20H31N5O2. The van der Waals surface area contributed by atoms with E-state index in [1.165, 1.54) is 0 Å². The number of carbonyl (C=O) groups excluding carboxylic acids is 2. The maximum atomic E-state index is 12.4. The van der Waals surface area contributed by atoms with Gasteiger partial charge in [-0.1, -0.05) is 13.8 Å². The number of likely N-dealkylation sites (tertiary alicyclic amines) is 1. The molecule has 0 spiro atoms. The van der Waals surface area contributed by atoms with Crippen molar-refractivity contribution in [1.29, 1.82) is 0 Å². The third kappa shape index (κ3) is 5.19. The molecule has 0 saturated carbocycles. The second kappa shape index (κ2) is 8.69. The molecule has 148 valence electrons. The van der Waals surface area contributed by atoms with Crippen LogP contribution in [0, 0.1) is 11.8 Å².